The summed E-state index contributed by atoms with van der Waals surface area (Å²) in [6.45, 7) is 16.6. The number of aromatic nitrogens is 3. The number of benzene rings is 1. The van der Waals surface area contributed by atoms with Crippen molar-refractivity contribution in [1.82, 2.24) is 20.1 Å². The molecule has 1 aromatic carbocycles. The molecule has 1 saturated carbocycles. The van der Waals surface area contributed by atoms with Gasteiger partial charge < -0.3 is 15.3 Å². The summed E-state index contributed by atoms with van der Waals surface area (Å²) in [5.74, 6) is 0.166. The Morgan fingerprint density at radius 3 is 2.53 bits per heavy atom. The first kappa shape index (κ1) is 28.8. The zero-order valence-electron chi connectivity index (χ0n) is 25.1. The highest BCUT2D eigenvalue weighted by Gasteiger charge is 2.49. The number of halogens is 1. The predicted octanol–water partition coefficient (Wildman–Crippen LogP) is 4.82. The smallest absolute Gasteiger partial charge is 0.261 e. The quantitative estimate of drug-likeness (QED) is 0.367. The molecule has 2 aromatic heterocycles. The lowest BCUT2D eigenvalue weighted by Gasteiger charge is -2.47. The third-order valence-corrected chi connectivity index (χ3v) is 9.23. The molecular formula is C33H37FN6O3. The van der Waals surface area contributed by atoms with Crippen molar-refractivity contribution in [2.75, 3.05) is 29.9 Å². The lowest BCUT2D eigenvalue weighted by Crippen LogP contribution is -2.64. The summed E-state index contributed by atoms with van der Waals surface area (Å²) >= 11 is 0. The first-order valence-corrected chi connectivity index (χ1v) is 14.6. The molecule has 0 spiro atoms. The molecule has 43 heavy (non-hydrogen) atoms. The normalized spacial score (nSPS) is 21.1. The van der Waals surface area contributed by atoms with E-state index in [1.807, 2.05) is 26.8 Å². The molecule has 1 saturated heterocycles. The summed E-state index contributed by atoms with van der Waals surface area (Å²) < 4.78 is 16.0. The van der Waals surface area contributed by atoms with Gasteiger partial charge in [-0.3, -0.25) is 19.6 Å². The van der Waals surface area contributed by atoms with Gasteiger partial charge in [-0.2, -0.15) is 5.10 Å². The third kappa shape index (κ3) is 4.47. The number of hydrogen-bond acceptors (Lipinski definition) is 6. The Hall–Kier alpha value is -4.31. The highest BCUT2D eigenvalue weighted by Crippen LogP contribution is 2.47. The second-order valence-corrected chi connectivity index (χ2v) is 12.6. The molecule has 4 heterocycles. The fourth-order valence-electron chi connectivity index (χ4n) is 6.60. The van der Waals surface area contributed by atoms with Crippen LogP contribution in [0.3, 0.4) is 0 Å². The summed E-state index contributed by atoms with van der Waals surface area (Å²) in [5.41, 5.74) is 2.49. The van der Waals surface area contributed by atoms with Gasteiger partial charge in [0.1, 0.15) is 23.1 Å². The van der Waals surface area contributed by atoms with Crippen molar-refractivity contribution < 1.29 is 19.1 Å². The van der Waals surface area contributed by atoms with Gasteiger partial charge >= 0.3 is 0 Å². The number of carbonyl (C=O) groups is 2. The Bertz CT molecular complexity index is 1690. The fourth-order valence-corrected chi connectivity index (χ4v) is 6.60. The second kappa shape index (κ2) is 10.2. The van der Waals surface area contributed by atoms with Gasteiger partial charge in [0.25, 0.3) is 11.8 Å². The van der Waals surface area contributed by atoms with E-state index < -0.39 is 11.0 Å². The number of nitrogens with one attached hydrogen (secondary N) is 2. The van der Waals surface area contributed by atoms with E-state index in [2.05, 4.69) is 28.7 Å². The van der Waals surface area contributed by atoms with E-state index in [0.717, 1.165) is 12.0 Å². The summed E-state index contributed by atoms with van der Waals surface area (Å²) in [6.07, 6.45) is 5.02. The van der Waals surface area contributed by atoms with Crippen molar-refractivity contribution in [3.63, 3.8) is 0 Å². The lowest BCUT2D eigenvalue weighted by molar-refractivity contribution is -0.164. The Morgan fingerprint density at radius 2 is 1.91 bits per heavy atom. The average molecular weight is 585 g/mol. The summed E-state index contributed by atoms with van der Waals surface area (Å²) in [7, 11) is 0. The van der Waals surface area contributed by atoms with Crippen molar-refractivity contribution in [2.24, 2.45) is 0 Å². The maximum atomic E-state index is 16.0. The van der Waals surface area contributed by atoms with Gasteiger partial charge in [0.05, 0.1) is 17.8 Å². The van der Waals surface area contributed by atoms with Gasteiger partial charge in [-0.1, -0.05) is 31.4 Å². The van der Waals surface area contributed by atoms with E-state index in [4.69, 9.17) is 4.98 Å². The number of aromatic amines is 1. The topological polar surface area (TPSA) is 114 Å². The predicted molar refractivity (Wildman–Crippen MR) is 164 cm³/mol. The van der Waals surface area contributed by atoms with E-state index in [9.17, 15) is 14.7 Å². The molecule has 6 rings (SSSR count). The molecule has 9 nitrogen and oxygen atoms in total. The molecule has 0 radical (unpaired) electrons. The van der Waals surface area contributed by atoms with Crippen molar-refractivity contribution in [3.8, 4) is 0 Å². The van der Waals surface area contributed by atoms with Gasteiger partial charge in [-0.15, -0.1) is 0 Å². The van der Waals surface area contributed by atoms with E-state index in [-0.39, 0.29) is 30.2 Å². The van der Waals surface area contributed by atoms with E-state index in [0.29, 0.717) is 76.5 Å². The highest BCUT2D eigenvalue weighted by molar-refractivity contribution is 6.10. The minimum Gasteiger partial charge on any atom is -0.380 e. The van der Waals surface area contributed by atoms with Crippen LogP contribution >= 0.6 is 0 Å². The number of fused-ring (bicyclic) bond motifs is 1. The van der Waals surface area contributed by atoms with Crippen LogP contribution < -0.4 is 10.2 Å². The largest absolute Gasteiger partial charge is 0.380 e. The molecule has 1 aliphatic carbocycles. The summed E-state index contributed by atoms with van der Waals surface area (Å²) in [4.78, 5) is 34.9. The Kier molecular flexibility index (Phi) is 6.80. The number of amides is 2. The number of carbonyl (C=O) groups excluding carboxylic acids is 2. The zero-order valence-corrected chi connectivity index (χ0v) is 25.1. The third-order valence-electron chi connectivity index (χ3n) is 9.23. The number of likely N-dealkylation sites (tertiary alicyclic amines) is 1. The molecule has 10 heteroatoms. The monoisotopic (exact) mass is 584 g/mol. The number of aryl methyl sites for hydroxylation is 1. The minimum atomic E-state index is -1.23. The number of anilines is 2. The second-order valence-electron chi connectivity index (χ2n) is 12.6. The molecule has 224 valence electrons. The first-order valence-electron chi connectivity index (χ1n) is 14.6. The Balaban J connectivity index is 1.44. The Labute approximate surface area is 250 Å². The lowest BCUT2D eigenvalue weighted by atomic mass is 9.68. The molecule has 2 aliphatic heterocycles. The van der Waals surface area contributed by atoms with Crippen LogP contribution in [-0.4, -0.2) is 68.3 Å². The van der Waals surface area contributed by atoms with Crippen LogP contribution in [0.4, 0.5) is 16.0 Å². The molecule has 3 aliphatic rings. The maximum absolute atomic E-state index is 16.0. The molecule has 0 unspecified atom stereocenters. The van der Waals surface area contributed by atoms with E-state index >= 15 is 4.39 Å². The fraction of sp³-hybridized carbons (Fsp3) is 0.394. The number of hydrogen-bond donors (Lipinski definition) is 3. The van der Waals surface area contributed by atoms with E-state index in [1.54, 1.807) is 41.2 Å². The van der Waals surface area contributed by atoms with Crippen molar-refractivity contribution in [2.45, 2.75) is 64.0 Å². The number of pyridine rings is 1. The van der Waals surface area contributed by atoms with Gasteiger partial charge in [0, 0.05) is 47.9 Å². The molecule has 0 bridgehead atoms. The SMILES string of the molecule is C=C(C)c1cn[nH]c1N1C[C@](C)(c2cccc(C)c2F)c2c(cnc(NC3CN(C(=O)C4(O)CCC4)C3)c2C(=C)C)C1=O. The molecule has 2 fully saturated rings. The van der Waals surface area contributed by atoms with Crippen LogP contribution in [-0.2, 0) is 10.2 Å². The zero-order chi connectivity index (χ0) is 30.8. The molecular weight excluding hydrogens is 547 g/mol. The molecule has 2 amide bonds. The van der Waals surface area contributed by atoms with Crippen LogP contribution in [0.25, 0.3) is 11.1 Å². The van der Waals surface area contributed by atoms with Gasteiger partial charge in [-0.05, 0) is 69.2 Å². The number of aliphatic hydroxyl groups is 1. The average Bonchev–Trinajstić information content (AvgIpc) is 3.42. The minimum absolute atomic E-state index is 0.0999. The van der Waals surface area contributed by atoms with Gasteiger partial charge in [0.15, 0.2) is 0 Å². The van der Waals surface area contributed by atoms with Crippen LogP contribution in [0.2, 0.25) is 0 Å². The van der Waals surface area contributed by atoms with Crippen molar-refractivity contribution in [1.29, 1.82) is 0 Å². The molecule has 3 N–H and O–H groups in total. The van der Waals surface area contributed by atoms with Crippen molar-refractivity contribution in [3.05, 3.63) is 82.9 Å². The van der Waals surface area contributed by atoms with Gasteiger partial charge in [0.2, 0.25) is 0 Å². The van der Waals surface area contributed by atoms with Crippen LogP contribution in [0.5, 0.6) is 0 Å². The molecule has 1 atom stereocenters. The number of H-pyrrole nitrogens is 1. The standard InChI is InChI=1S/C33H37FN6O3/c1-18(2)22-14-36-38-29(22)40-17-32(6,24-10-7-9-20(5)27(24)34)26-23(30(40)41)13-35-28(25(26)19(3)4)37-21-15-39(16-21)31(42)33(43)11-8-12-33/h7,9-10,13-14,21,43H,1,3,8,11-12,15-17H2,2,4-6H3,(H,35,37)(H,36,38)/t32-/m1/s1. The van der Waals surface area contributed by atoms with Crippen LogP contribution in [0.1, 0.15) is 78.2 Å². The number of allylic oxidation sites excluding steroid dienone is 2. The maximum Gasteiger partial charge on any atom is 0.261 e. The van der Waals surface area contributed by atoms with Gasteiger partial charge in [-0.25, -0.2) is 9.37 Å². The molecule has 3 aromatic rings. The van der Waals surface area contributed by atoms with Crippen LogP contribution in [0.15, 0.2) is 43.8 Å². The Morgan fingerprint density at radius 1 is 1.19 bits per heavy atom. The van der Waals surface area contributed by atoms with Crippen molar-refractivity contribution >= 4 is 34.6 Å². The van der Waals surface area contributed by atoms with Crippen LogP contribution in [0, 0.1) is 12.7 Å². The summed E-state index contributed by atoms with van der Waals surface area (Å²) in [6, 6.07) is 5.22. The van der Waals surface area contributed by atoms with E-state index in [1.165, 1.54) is 0 Å². The highest BCUT2D eigenvalue weighted by atomic mass is 19.1. The summed E-state index contributed by atoms with van der Waals surface area (Å²) in [5, 5.41) is 21.1. The first-order chi connectivity index (χ1) is 20.4. The number of nitrogens with zero attached hydrogens (tertiary/aromatic N) is 4. The number of rotatable bonds is 7.